The highest BCUT2D eigenvalue weighted by molar-refractivity contribution is 5.82. The molecule has 0 aromatic rings. The van der Waals surface area contributed by atoms with Crippen molar-refractivity contribution < 1.29 is 5.21 Å². The molecule has 16 heavy (non-hydrogen) atoms. The largest absolute Gasteiger partial charge is 0.409 e. The summed E-state index contributed by atoms with van der Waals surface area (Å²) in [6.07, 6.45) is 2.41. The molecule has 1 aliphatic rings. The number of oxime groups is 1. The first-order valence-corrected chi connectivity index (χ1v) is 5.90. The maximum absolute atomic E-state index is 8.59. The fourth-order valence-electron chi connectivity index (χ4n) is 2.20. The average Bonchev–Trinajstić information content (AvgIpc) is 2.28. The van der Waals surface area contributed by atoms with Crippen molar-refractivity contribution in [2.75, 3.05) is 33.7 Å². The Balaban J connectivity index is 2.32. The molecule has 5 heteroatoms. The smallest absolute Gasteiger partial charge is 0.143 e. The summed E-state index contributed by atoms with van der Waals surface area (Å²) in [6.45, 7) is 5.08. The zero-order chi connectivity index (χ0) is 12.1. The van der Waals surface area contributed by atoms with Crippen LogP contribution in [0.5, 0.6) is 0 Å². The van der Waals surface area contributed by atoms with Gasteiger partial charge in [-0.1, -0.05) is 12.1 Å². The predicted molar refractivity (Wildman–Crippen MR) is 65.7 cm³/mol. The van der Waals surface area contributed by atoms with Gasteiger partial charge in [-0.15, -0.1) is 0 Å². The van der Waals surface area contributed by atoms with Crippen molar-refractivity contribution in [2.24, 2.45) is 16.8 Å². The molecule has 0 amide bonds. The molecule has 1 atom stereocenters. The third kappa shape index (κ3) is 3.64. The molecule has 94 valence electrons. The van der Waals surface area contributed by atoms with Gasteiger partial charge in [0.25, 0.3) is 0 Å². The van der Waals surface area contributed by atoms with Gasteiger partial charge in [-0.2, -0.15) is 0 Å². The van der Waals surface area contributed by atoms with Crippen LogP contribution in [0.1, 0.15) is 19.8 Å². The minimum atomic E-state index is 0.126. The first-order chi connectivity index (χ1) is 7.54. The Hall–Kier alpha value is -0.810. The topological polar surface area (TPSA) is 65.1 Å². The minimum absolute atomic E-state index is 0.126. The molecule has 1 saturated heterocycles. The van der Waals surface area contributed by atoms with Crippen LogP contribution in [0.4, 0.5) is 0 Å². The highest BCUT2D eigenvalue weighted by Gasteiger charge is 2.22. The summed E-state index contributed by atoms with van der Waals surface area (Å²) in [6, 6.07) is 0.704. The summed E-state index contributed by atoms with van der Waals surface area (Å²) in [4.78, 5) is 4.69. The molecule has 1 unspecified atom stereocenters. The van der Waals surface area contributed by atoms with Gasteiger partial charge in [-0.05, 0) is 40.0 Å². The van der Waals surface area contributed by atoms with E-state index in [9.17, 15) is 0 Å². The van der Waals surface area contributed by atoms with Gasteiger partial charge >= 0.3 is 0 Å². The Bertz CT molecular complexity index is 234. The number of rotatable bonds is 4. The third-order valence-corrected chi connectivity index (χ3v) is 3.44. The average molecular weight is 228 g/mol. The van der Waals surface area contributed by atoms with E-state index >= 15 is 0 Å². The predicted octanol–water partition coefficient (Wildman–Crippen LogP) is 0.395. The second-order valence-corrected chi connectivity index (χ2v) is 4.92. The second kappa shape index (κ2) is 6.06. The van der Waals surface area contributed by atoms with Crippen molar-refractivity contribution in [3.05, 3.63) is 0 Å². The van der Waals surface area contributed by atoms with Crippen LogP contribution in [0, 0.1) is 5.92 Å². The molecule has 0 aromatic carbocycles. The van der Waals surface area contributed by atoms with E-state index in [1.165, 1.54) is 12.8 Å². The number of likely N-dealkylation sites (tertiary alicyclic amines) is 1. The first kappa shape index (κ1) is 13.3. The van der Waals surface area contributed by atoms with E-state index in [-0.39, 0.29) is 5.92 Å². The van der Waals surface area contributed by atoms with E-state index in [1.54, 1.807) is 0 Å². The van der Waals surface area contributed by atoms with Gasteiger partial charge in [-0.3, -0.25) is 0 Å². The normalized spacial score (nSPS) is 22.6. The summed E-state index contributed by atoms with van der Waals surface area (Å²) in [5, 5.41) is 11.6. The SMILES string of the molecule is CC(CN1CCC(N(C)C)CC1)/C(N)=N/O. The van der Waals surface area contributed by atoms with Crippen molar-refractivity contribution >= 4 is 5.84 Å². The van der Waals surface area contributed by atoms with Crippen LogP contribution in [0.15, 0.2) is 5.16 Å². The molecule has 0 saturated carbocycles. The monoisotopic (exact) mass is 228 g/mol. The number of hydrogen-bond donors (Lipinski definition) is 2. The van der Waals surface area contributed by atoms with Crippen LogP contribution in [-0.2, 0) is 0 Å². The third-order valence-electron chi connectivity index (χ3n) is 3.44. The Morgan fingerprint density at radius 3 is 2.50 bits per heavy atom. The first-order valence-electron chi connectivity index (χ1n) is 5.90. The fourth-order valence-corrected chi connectivity index (χ4v) is 2.20. The summed E-state index contributed by atoms with van der Waals surface area (Å²) in [5.74, 6) is 0.454. The van der Waals surface area contributed by atoms with Gasteiger partial charge < -0.3 is 20.7 Å². The second-order valence-electron chi connectivity index (χ2n) is 4.92. The summed E-state index contributed by atoms with van der Waals surface area (Å²) >= 11 is 0. The van der Waals surface area contributed by atoms with Gasteiger partial charge in [0, 0.05) is 18.5 Å². The molecule has 0 bridgehead atoms. The summed E-state index contributed by atoms with van der Waals surface area (Å²) < 4.78 is 0. The van der Waals surface area contributed by atoms with E-state index in [0.717, 1.165) is 19.6 Å². The summed E-state index contributed by atoms with van der Waals surface area (Å²) in [5.41, 5.74) is 5.57. The molecule has 5 nitrogen and oxygen atoms in total. The lowest BCUT2D eigenvalue weighted by Crippen LogP contribution is -2.44. The van der Waals surface area contributed by atoms with Gasteiger partial charge in [0.05, 0.1) is 0 Å². The molecule has 3 N–H and O–H groups in total. The van der Waals surface area contributed by atoms with E-state index in [4.69, 9.17) is 10.9 Å². The van der Waals surface area contributed by atoms with Gasteiger partial charge in [-0.25, -0.2) is 0 Å². The van der Waals surface area contributed by atoms with Gasteiger partial charge in [0.2, 0.25) is 0 Å². The van der Waals surface area contributed by atoms with Crippen molar-refractivity contribution in [1.82, 2.24) is 9.80 Å². The molecule has 0 aliphatic carbocycles. The maximum Gasteiger partial charge on any atom is 0.143 e. The lowest BCUT2D eigenvalue weighted by Gasteiger charge is -2.36. The van der Waals surface area contributed by atoms with Crippen molar-refractivity contribution in [3.63, 3.8) is 0 Å². The highest BCUT2D eigenvalue weighted by atomic mass is 16.4. The minimum Gasteiger partial charge on any atom is -0.409 e. The molecule has 1 rings (SSSR count). The Morgan fingerprint density at radius 2 is 2.06 bits per heavy atom. The van der Waals surface area contributed by atoms with E-state index in [2.05, 4.69) is 29.1 Å². The van der Waals surface area contributed by atoms with Gasteiger partial charge in [0.1, 0.15) is 5.84 Å². The van der Waals surface area contributed by atoms with Crippen LogP contribution >= 0.6 is 0 Å². The standard InChI is InChI=1S/C11H24N4O/c1-9(11(12)13-16)8-15-6-4-10(5-7-15)14(2)3/h9-10,16H,4-8H2,1-3H3,(H2,12,13). The number of nitrogens with two attached hydrogens (primary N) is 1. The molecule has 1 aliphatic heterocycles. The Kier molecular flexibility index (Phi) is 5.02. The fraction of sp³-hybridized carbons (Fsp3) is 0.909. The van der Waals surface area contributed by atoms with E-state index in [0.29, 0.717) is 11.9 Å². The molecule has 0 aromatic heterocycles. The lowest BCUT2D eigenvalue weighted by molar-refractivity contribution is 0.139. The maximum atomic E-state index is 8.59. The Labute approximate surface area is 97.9 Å². The van der Waals surface area contributed by atoms with Crippen LogP contribution in [0.25, 0.3) is 0 Å². The van der Waals surface area contributed by atoms with Crippen LogP contribution in [0.2, 0.25) is 0 Å². The van der Waals surface area contributed by atoms with Crippen LogP contribution < -0.4 is 5.73 Å². The lowest BCUT2D eigenvalue weighted by atomic mass is 10.0. The quantitative estimate of drug-likeness (QED) is 0.316. The highest BCUT2D eigenvalue weighted by Crippen LogP contribution is 2.15. The zero-order valence-corrected chi connectivity index (χ0v) is 10.6. The number of nitrogens with zero attached hydrogens (tertiary/aromatic N) is 3. The molecule has 1 heterocycles. The van der Waals surface area contributed by atoms with E-state index in [1.807, 2.05) is 6.92 Å². The molecular weight excluding hydrogens is 204 g/mol. The van der Waals surface area contributed by atoms with Crippen molar-refractivity contribution in [3.8, 4) is 0 Å². The number of piperidine rings is 1. The summed E-state index contributed by atoms with van der Waals surface area (Å²) in [7, 11) is 4.28. The number of amidine groups is 1. The van der Waals surface area contributed by atoms with Crippen LogP contribution in [-0.4, -0.2) is 60.6 Å². The molecule has 1 fully saturated rings. The van der Waals surface area contributed by atoms with E-state index < -0.39 is 0 Å². The molecule has 0 spiro atoms. The van der Waals surface area contributed by atoms with Gasteiger partial charge in [0.15, 0.2) is 0 Å². The van der Waals surface area contributed by atoms with Crippen molar-refractivity contribution in [2.45, 2.75) is 25.8 Å². The Morgan fingerprint density at radius 1 is 1.50 bits per heavy atom. The number of hydrogen-bond acceptors (Lipinski definition) is 4. The van der Waals surface area contributed by atoms with Crippen LogP contribution in [0.3, 0.4) is 0 Å². The van der Waals surface area contributed by atoms with Crippen molar-refractivity contribution in [1.29, 1.82) is 0 Å². The molecular formula is C11H24N4O. The zero-order valence-electron chi connectivity index (χ0n) is 10.6. The molecule has 0 radical (unpaired) electrons.